The number of benzene rings is 2. The highest BCUT2D eigenvalue weighted by atomic mass is 79.9. The summed E-state index contributed by atoms with van der Waals surface area (Å²) in [5.41, 5.74) is 1.70. The van der Waals surface area contributed by atoms with Crippen molar-refractivity contribution >= 4 is 27.8 Å². The monoisotopic (exact) mass is 380 g/mol. The average molecular weight is 381 g/mol. The van der Waals surface area contributed by atoms with Gasteiger partial charge in [0.2, 0.25) is 0 Å². The van der Waals surface area contributed by atoms with Crippen LogP contribution in [0.15, 0.2) is 52.5 Å². The van der Waals surface area contributed by atoms with Gasteiger partial charge >= 0.3 is 6.61 Å². The molecule has 0 N–H and O–H groups in total. The smallest absolute Gasteiger partial charge is 0.387 e. The van der Waals surface area contributed by atoms with Crippen LogP contribution in [0.4, 0.5) is 8.78 Å². The molecule has 1 aliphatic rings. The number of ether oxygens (including phenoxy) is 2. The SMILES string of the molecule is O=C1/C(=C/c2ccc(OC(F)F)cc2)COc2ccc(Br)cc21. The first-order valence-corrected chi connectivity index (χ1v) is 7.55. The zero-order chi connectivity index (χ0) is 16.4. The molecule has 0 atom stereocenters. The van der Waals surface area contributed by atoms with Crippen molar-refractivity contribution in [3.8, 4) is 11.5 Å². The topological polar surface area (TPSA) is 35.5 Å². The maximum Gasteiger partial charge on any atom is 0.387 e. The summed E-state index contributed by atoms with van der Waals surface area (Å²) >= 11 is 3.33. The molecule has 118 valence electrons. The number of carbonyl (C=O) groups is 1. The molecule has 0 bridgehead atoms. The van der Waals surface area contributed by atoms with Gasteiger partial charge in [0.1, 0.15) is 18.1 Å². The van der Waals surface area contributed by atoms with E-state index < -0.39 is 6.61 Å². The number of alkyl halides is 2. The molecular formula is C17H11BrF2O3. The fraction of sp³-hybridized carbons (Fsp3) is 0.118. The number of hydrogen-bond acceptors (Lipinski definition) is 3. The summed E-state index contributed by atoms with van der Waals surface area (Å²) in [5.74, 6) is 0.513. The molecule has 0 amide bonds. The van der Waals surface area contributed by atoms with Crippen LogP contribution in [0.2, 0.25) is 0 Å². The second-order valence-corrected chi connectivity index (χ2v) is 5.79. The number of rotatable bonds is 3. The highest BCUT2D eigenvalue weighted by molar-refractivity contribution is 9.10. The largest absolute Gasteiger partial charge is 0.488 e. The van der Waals surface area contributed by atoms with E-state index >= 15 is 0 Å². The van der Waals surface area contributed by atoms with Crippen LogP contribution >= 0.6 is 15.9 Å². The minimum Gasteiger partial charge on any atom is -0.488 e. The summed E-state index contributed by atoms with van der Waals surface area (Å²) in [6.45, 7) is -2.69. The van der Waals surface area contributed by atoms with Gasteiger partial charge in [0.25, 0.3) is 0 Å². The third kappa shape index (κ3) is 3.59. The van der Waals surface area contributed by atoms with E-state index in [1.54, 1.807) is 30.3 Å². The fourth-order valence-corrected chi connectivity index (χ4v) is 2.61. The number of hydrogen-bond donors (Lipinski definition) is 0. The van der Waals surface area contributed by atoms with Crippen LogP contribution < -0.4 is 9.47 Å². The van der Waals surface area contributed by atoms with Crippen LogP contribution in [0.1, 0.15) is 15.9 Å². The van der Waals surface area contributed by atoms with Crippen LogP contribution in [0, 0.1) is 0 Å². The summed E-state index contributed by atoms with van der Waals surface area (Å²) in [6.07, 6.45) is 1.68. The summed E-state index contributed by atoms with van der Waals surface area (Å²) < 4.78 is 34.9. The maximum absolute atomic E-state index is 12.5. The van der Waals surface area contributed by atoms with Gasteiger partial charge in [-0.2, -0.15) is 8.78 Å². The highest BCUT2D eigenvalue weighted by Gasteiger charge is 2.23. The molecule has 0 aromatic heterocycles. The summed E-state index contributed by atoms with van der Waals surface area (Å²) in [5, 5.41) is 0. The molecule has 0 saturated heterocycles. The number of ketones is 1. The highest BCUT2D eigenvalue weighted by Crippen LogP contribution is 2.30. The standard InChI is InChI=1S/C17H11BrF2O3/c18-12-3-6-15-14(8-12)16(21)11(9-22-15)7-10-1-4-13(5-2-10)23-17(19)20/h1-8,17H,9H2/b11-7+. The van der Waals surface area contributed by atoms with Gasteiger partial charge in [-0.25, -0.2) is 0 Å². The Morgan fingerprint density at radius 3 is 2.61 bits per heavy atom. The van der Waals surface area contributed by atoms with E-state index in [2.05, 4.69) is 20.7 Å². The van der Waals surface area contributed by atoms with Crippen molar-refractivity contribution in [2.75, 3.05) is 6.61 Å². The molecular weight excluding hydrogens is 370 g/mol. The van der Waals surface area contributed by atoms with Crippen molar-refractivity contribution in [3.05, 3.63) is 63.6 Å². The van der Waals surface area contributed by atoms with E-state index in [0.29, 0.717) is 22.4 Å². The minimum atomic E-state index is -2.86. The van der Waals surface area contributed by atoms with Gasteiger partial charge in [0.05, 0.1) is 5.56 Å². The maximum atomic E-state index is 12.5. The van der Waals surface area contributed by atoms with E-state index in [-0.39, 0.29) is 18.1 Å². The molecule has 2 aromatic carbocycles. The number of fused-ring (bicyclic) bond motifs is 1. The first kappa shape index (κ1) is 15.7. The number of carbonyl (C=O) groups excluding carboxylic acids is 1. The van der Waals surface area contributed by atoms with Crippen LogP contribution in [0.3, 0.4) is 0 Å². The zero-order valence-corrected chi connectivity index (χ0v) is 13.3. The van der Waals surface area contributed by atoms with E-state index in [4.69, 9.17) is 4.74 Å². The van der Waals surface area contributed by atoms with E-state index in [9.17, 15) is 13.6 Å². The lowest BCUT2D eigenvalue weighted by Gasteiger charge is -2.19. The van der Waals surface area contributed by atoms with Crippen molar-refractivity contribution in [1.82, 2.24) is 0 Å². The average Bonchev–Trinajstić information content (AvgIpc) is 2.52. The lowest BCUT2D eigenvalue weighted by Crippen LogP contribution is -2.19. The number of Topliss-reactive ketones (excluding diaryl/α,β-unsaturated/α-hetero) is 1. The quantitative estimate of drug-likeness (QED) is 0.723. The second kappa shape index (κ2) is 6.50. The third-order valence-corrected chi connectivity index (χ3v) is 3.80. The normalized spacial score (nSPS) is 15.5. The second-order valence-electron chi connectivity index (χ2n) is 4.88. The van der Waals surface area contributed by atoms with Gasteiger partial charge in [0.15, 0.2) is 5.78 Å². The lowest BCUT2D eigenvalue weighted by molar-refractivity contribution is -0.0498. The Kier molecular flexibility index (Phi) is 4.43. The van der Waals surface area contributed by atoms with Crippen LogP contribution in [0.25, 0.3) is 6.08 Å². The predicted molar refractivity (Wildman–Crippen MR) is 85.0 cm³/mol. The Morgan fingerprint density at radius 1 is 1.17 bits per heavy atom. The molecule has 6 heteroatoms. The van der Waals surface area contributed by atoms with Crippen molar-refractivity contribution in [1.29, 1.82) is 0 Å². The van der Waals surface area contributed by atoms with Gasteiger partial charge in [0, 0.05) is 10.0 Å². The van der Waals surface area contributed by atoms with Gasteiger partial charge in [-0.1, -0.05) is 28.1 Å². The molecule has 2 aromatic rings. The first-order valence-electron chi connectivity index (χ1n) is 6.75. The van der Waals surface area contributed by atoms with Gasteiger partial charge in [-0.3, -0.25) is 4.79 Å². The Hall–Kier alpha value is -2.21. The minimum absolute atomic E-state index is 0.0719. The van der Waals surface area contributed by atoms with Crippen LogP contribution in [-0.4, -0.2) is 19.0 Å². The molecule has 23 heavy (non-hydrogen) atoms. The molecule has 0 fully saturated rings. The molecule has 0 spiro atoms. The lowest BCUT2D eigenvalue weighted by atomic mass is 9.98. The van der Waals surface area contributed by atoms with E-state index in [0.717, 1.165) is 4.47 Å². The molecule has 0 unspecified atom stereocenters. The van der Waals surface area contributed by atoms with Crippen molar-refractivity contribution in [2.45, 2.75) is 6.61 Å². The first-order chi connectivity index (χ1) is 11.0. The van der Waals surface area contributed by atoms with Gasteiger partial charge < -0.3 is 9.47 Å². The van der Waals surface area contributed by atoms with Crippen molar-refractivity contribution in [3.63, 3.8) is 0 Å². The fourth-order valence-electron chi connectivity index (χ4n) is 2.25. The third-order valence-electron chi connectivity index (χ3n) is 3.31. The van der Waals surface area contributed by atoms with Crippen LogP contribution in [-0.2, 0) is 0 Å². The van der Waals surface area contributed by atoms with Crippen molar-refractivity contribution in [2.24, 2.45) is 0 Å². The Labute approximate surface area is 139 Å². The molecule has 0 saturated carbocycles. The van der Waals surface area contributed by atoms with Crippen LogP contribution in [0.5, 0.6) is 11.5 Å². The molecule has 3 nitrogen and oxygen atoms in total. The van der Waals surface area contributed by atoms with E-state index in [1.807, 2.05) is 6.07 Å². The zero-order valence-electron chi connectivity index (χ0n) is 11.8. The Bertz CT molecular complexity index is 770. The van der Waals surface area contributed by atoms with Gasteiger partial charge in [-0.15, -0.1) is 0 Å². The number of halogens is 3. The Morgan fingerprint density at radius 2 is 1.91 bits per heavy atom. The van der Waals surface area contributed by atoms with Crippen molar-refractivity contribution < 1.29 is 23.0 Å². The molecule has 0 aliphatic carbocycles. The summed E-state index contributed by atoms with van der Waals surface area (Å²) in [4.78, 5) is 12.5. The van der Waals surface area contributed by atoms with Gasteiger partial charge in [-0.05, 0) is 42.0 Å². The summed E-state index contributed by atoms with van der Waals surface area (Å²) in [6, 6.07) is 11.3. The molecule has 0 radical (unpaired) electrons. The summed E-state index contributed by atoms with van der Waals surface area (Å²) in [7, 11) is 0. The Balaban J connectivity index is 1.84. The molecule has 1 aliphatic heterocycles. The molecule has 1 heterocycles. The van der Waals surface area contributed by atoms with E-state index in [1.165, 1.54) is 12.1 Å². The predicted octanol–water partition coefficient (Wildman–Crippen LogP) is 4.71. The molecule has 3 rings (SSSR count).